The van der Waals surface area contributed by atoms with Gasteiger partial charge in [-0.05, 0) is 24.1 Å². The Bertz CT molecular complexity index is 1220. The lowest BCUT2D eigenvalue weighted by molar-refractivity contribution is -0.122. The first kappa shape index (κ1) is 19.8. The number of aromatic hydroxyl groups is 1. The molecule has 9 heteroatoms. The van der Waals surface area contributed by atoms with Gasteiger partial charge in [0.15, 0.2) is 5.88 Å². The zero-order chi connectivity index (χ0) is 21.5. The molecule has 0 aliphatic carbocycles. The standard InChI is InChI=1S/C21H20N4O4S/c1-12(2)17-22-14(10-30-17)6-7-21(19(27)23-20(28)24-21)11-25-9-13-4-5-15(29-3)8-16(13)18(25)26/h4-5,8-10,12,26H,11H2,1-3H3,(H2,23,24,27,28)/t21-/m1/s1. The molecule has 4 rings (SSSR count). The van der Waals surface area contributed by atoms with E-state index in [4.69, 9.17) is 4.74 Å². The molecule has 3 amide bonds. The largest absolute Gasteiger partial charge is 0.497 e. The number of nitrogens with one attached hydrogen (secondary N) is 2. The van der Waals surface area contributed by atoms with Crippen LogP contribution in [0.1, 0.15) is 30.5 Å². The predicted molar refractivity (Wildman–Crippen MR) is 113 cm³/mol. The molecule has 2 aromatic heterocycles. The molecule has 1 saturated heterocycles. The number of hydrogen-bond donors (Lipinski definition) is 3. The molecule has 30 heavy (non-hydrogen) atoms. The Labute approximate surface area is 176 Å². The third-order valence-corrected chi connectivity index (χ3v) is 5.98. The topological polar surface area (TPSA) is 105 Å². The van der Waals surface area contributed by atoms with Crippen LogP contribution in [0.2, 0.25) is 0 Å². The van der Waals surface area contributed by atoms with Gasteiger partial charge in [-0.2, -0.15) is 0 Å². The van der Waals surface area contributed by atoms with Crippen molar-refractivity contribution in [1.82, 2.24) is 20.2 Å². The van der Waals surface area contributed by atoms with Gasteiger partial charge in [-0.1, -0.05) is 19.8 Å². The number of nitrogens with zero attached hydrogens (tertiary/aromatic N) is 2. The second kappa shape index (κ2) is 7.39. The third-order valence-electron chi connectivity index (χ3n) is 4.84. The van der Waals surface area contributed by atoms with E-state index >= 15 is 0 Å². The van der Waals surface area contributed by atoms with Gasteiger partial charge in [0.05, 0.1) is 18.7 Å². The predicted octanol–water partition coefficient (Wildman–Crippen LogP) is 2.57. The number of thiazole rings is 1. The molecule has 1 aliphatic heterocycles. The minimum absolute atomic E-state index is 0.0465. The summed E-state index contributed by atoms with van der Waals surface area (Å²) in [5.74, 6) is 6.03. The van der Waals surface area contributed by atoms with Crippen LogP contribution in [0.5, 0.6) is 11.6 Å². The molecule has 3 heterocycles. The number of methoxy groups -OCH3 is 1. The molecule has 1 fully saturated rings. The van der Waals surface area contributed by atoms with Gasteiger partial charge in [-0.25, -0.2) is 9.78 Å². The van der Waals surface area contributed by atoms with Crippen molar-refractivity contribution in [2.45, 2.75) is 31.8 Å². The lowest BCUT2D eigenvalue weighted by Gasteiger charge is -2.20. The van der Waals surface area contributed by atoms with Gasteiger partial charge in [0, 0.05) is 28.3 Å². The van der Waals surface area contributed by atoms with Gasteiger partial charge in [-0.15, -0.1) is 11.3 Å². The molecule has 8 nitrogen and oxygen atoms in total. The fourth-order valence-electron chi connectivity index (χ4n) is 3.24. The number of amides is 3. The van der Waals surface area contributed by atoms with Crippen LogP contribution in [0.4, 0.5) is 4.79 Å². The molecule has 1 aromatic carbocycles. The summed E-state index contributed by atoms with van der Waals surface area (Å²) in [6.45, 7) is 4.01. The number of fused-ring (bicyclic) bond motifs is 1. The number of carbonyl (C=O) groups is 2. The van der Waals surface area contributed by atoms with Crippen molar-refractivity contribution in [1.29, 1.82) is 0 Å². The van der Waals surface area contributed by atoms with E-state index in [1.54, 1.807) is 31.5 Å². The highest BCUT2D eigenvalue weighted by Crippen LogP contribution is 2.32. The van der Waals surface area contributed by atoms with Crippen LogP contribution in [0.15, 0.2) is 29.8 Å². The number of urea groups is 1. The van der Waals surface area contributed by atoms with E-state index in [2.05, 4.69) is 27.5 Å². The van der Waals surface area contributed by atoms with Crippen LogP contribution in [-0.2, 0) is 11.3 Å². The van der Waals surface area contributed by atoms with Crippen LogP contribution in [0.25, 0.3) is 10.8 Å². The lowest BCUT2D eigenvalue weighted by Crippen LogP contribution is -2.49. The van der Waals surface area contributed by atoms with Gasteiger partial charge in [0.25, 0.3) is 5.91 Å². The van der Waals surface area contributed by atoms with E-state index < -0.39 is 17.5 Å². The van der Waals surface area contributed by atoms with Crippen molar-refractivity contribution in [2.24, 2.45) is 0 Å². The van der Waals surface area contributed by atoms with Crippen LogP contribution in [0.3, 0.4) is 0 Å². The summed E-state index contributed by atoms with van der Waals surface area (Å²) in [5, 5.41) is 19.6. The molecular weight excluding hydrogens is 404 g/mol. The van der Waals surface area contributed by atoms with Gasteiger partial charge in [0.1, 0.15) is 11.4 Å². The molecule has 0 saturated carbocycles. The number of benzene rings is 1. The highest BCUT2D eigenvalue weighted by atomic mass is 32.1. The Morgan fingerprint density at radius 2 is 2.17 bits per heavy atom. The van der Waals surface area contributed by atoms with Gasteiger partial charge < -0.3 is 19.7 Å². The van der Waals surface area contributed by atoms with Crippen molar-refractivity contribution in [3.8, 4) is 23.5 Å². The molecule has 3 aromatic rings. The Morgan fingerprint density at radius 1 is 1.37 bits per heavy atom. The van der Waals surface area contributed by atoms with E-state index in [-0.39, 0.29) is 18.3 Å². The highest BCUT2D eigenvalue weighted by molar-refractivity contribution is 7.09. The van der Waals surface area contributed by atoms with Crippen LogP contribution >= 0.6 is 11.3 Å². The normalized spacial score (nSPS) is 18.3. The first-order chi connectivity index (χ1) is 14.3. The molecular formula is C21H20N4O4S. The Morgan fingerprint density at radius 3 is 2.80 bits per heavy atom. The summed E-state index contributed by atoms with van der Waals surface area (Å²) in [4.78, 5) is 29.0. The minimum atomic E-state index is -1.53. The molecule has 0 unspecified atom stereocenters. The maximum absolute atomic E-state index is 12.6. The molecule has 1 atom stereocenters. The smallest absolute Gasteiger partial charge is 0.323 e. The molecule has 1 aliphatic rings. The molecule has 3 N–H and O–H groups in total. The Balaban J connectivity index is 1.73. The summed E-state index contributed by atoms with van der Waals surface area (Å²) in [7, 11) is 1.54. The number of hydrogen-bond acceptors (Lipinski definition) is 6. The fraction of sp³-hybridized carbons (Fsp3) is 0.286. The van der Waals surface area contributed by atoms with E-state index in [1.807, 2.05) is 19.2 Å². The van der Waals surface area contributed by atoms with Gasteiger partial charge in [-0.3, -0.25) is 10.1 Å². The van der Waals surface area contributed by atoms with Gasteiger partial charge >= 0.3 is 6.03 Å². The average molecular weight is 424 g/mol. The Hall–Kier alpha value is -3.51. The average Bonchev–Trinajstić information content (AvgIpc) is 3.38. The SMILES string of the molecule is COc1ccc2cn(C[C@@]3(C#Cc4csc(C(C)C)n4)NC(=O)NC3=O)c(O)c2c1. The molecule has 0 spiro atoms. The third kappa shape index (κ3) is 3.46. The summed E-state index contributed by atoms with van der Waals surface area (Å²) in [6.07, 6.45) is 1.70. The number of aromatic nitrogens is 2. The maximum Gasteiger partial charge on any atom is 0.323 e. The van der Waals surface area contributed by atoms with Crippen molar-refractivity contribution >= 4 is 34.0 Å². The number of imide groups is 1. The Kier molecular flexibility index (Phi) is 4.87. The van der Waals surface area contributed by atoms with Gasteiger partial charge in [0.2, 0.25) is 5.54 Å². The zero-order valence-corrected chi connectivity index (χ0v) is 17.5. The van der Waals surface area contributed by atoms with Crippen molar-refractivity contribution < 1.29 is 19.4 Å². The zero-order valence-electron chi connectivity index (χ0n) is 16.6. The van der Waals surface area contributed by atoms with Crippen LogP contribution in [-0.4, -0.2) is 39.2 Å². The molecule has 154 valence electrons. The summed E-state index contributed by atoms with van der Waals surface area (Å²) in [6, 6.07) is 4.66. The quantitative estimate of drug-likeness (QED) is 0.441. The van der Waals surface area contributed by atoms with E-state index in [0.29, 0.717) is 16.8 Å². The minimum Gasteiger partial charge on any atom is -0.497 e. The second-order valence-corrected chi connectivity index (χ2v) is 8.21. The van der Waals surface area contributed by atoms with E-state index in [1.165, 1.54) is 15.9 Å². The lowest BCUT2D eigenvalue weighted by atomic mass is 10.0. The monoisotopic (exact) mass is 424 g/mol. The summed E-state index contributed by atoms with van der Waals surface area (Å²) in [5.41, 5.74) is -1.00. The molecule has 0 bridgehead atoms. The fourth-order valence-corrected chi connectivity index (χ4v) is 4.01. The maximum atomic E-state index is 12.6. The van der Waals surface area contributed by atoms with Crippen molar-refractivity contribution in [3.05, 3.63) is 40.5 Å². The number of rotatable bonds is 4. The van der Waals surface area contributed by atoms with E-state index in [0.717, 1.165) is 10.4 Å². The first-order valence-electron chi connectivity index (χ1n) is 9.29. The summed E-state index contributed by atoms with van der Waals surface area (Å²) >= 11 is 1.49. The molecule has 0 radical (unpaired) electrons. The highest BCUT2D eigenvalue weighted by Gasteiger charge is 2.46. The van der Waals surface area contributed by atoms with Crippen molar-refractivity contribution in [2.75, 3.05) is 7.11 Å². The van der Waals surface area contributed by atoms with Crippen molar-refractivity contribution in [3.63, 3.8) is 0 Å². The first-order valence-corrected chi connectivity index (χ1v) is 10.2. The number of carbonyl (C=O) groups excluding carboxylic acids is 2. The van der Waals surface area contributed by atoms with E-state index in [9.17, 15) is 14.7 Å². The van der Waals surface area contributed by atoms with Crippen LogP contribution < -0.4 is 15.4 Å². The van der Waals surface area contributed by atoms with Crippen LogP contribution in [0, 0.1) is 11.8 Å². The second-order valence-electron chi connectivity index (χ2n) is 7.32. The summed E-state index contributed by atoms with van der Waals surface area (Å²) < 4.78 is 6.70. The number of ether oxygens (including phenoxy) is 1.